The van der Waals surface area contributed by atoms with E-state index in [0.717, 1.165) is 11.8 Å². The molecule has 1 saturated heterocycles. The molecule has 0 aliphatic carbocycles. The van der Waals surface area contributed by atoms with Gasteiger partial charge in [0.15, 0.2) is 0 Å². The number of hydrogen-bond donors (Lipinski definition) is 1. The number of ether oxygens (including phenoxy) is 1. The second kappa shape index (κ2) is 8.70. The summed E-state index contributed by atoms with van der Waals surface area (Å²) >= 11 is 0. The highest BCUT2D eigenvalue weighted by molar-refractivity contribution is 7.88. The maximum atomic E-state index is 12.9. The van der Waals surface area contributed by atoms with E-state index in [1.165, 1.54) is 16.4 Å². The van der Waals surface area contributed by atoms with Gasteiger partial charge >= 0.3 is 0 Å². The van der Waals surface area contributed by atoms with Crippen LogP contribution in [-0.2, 0) is 21.4 Å². The van der Waals surface area contributed by atoms with Crippen molar-refractivity contribution in [1.29, 1.82) is 0 Å². The average Bonchev–Trinajstić information content (AvgIpc) is 2.67. The van der Waals surface area contributed by atoms with E-state index in [1.54, 1.807) is 36.4 Å². The van der Waals surface area contributed by atoms with Gasteiger partial charge in [-0.25, -0.2) is 17.1 Å². The van der Waals surface area contributed by atoms with Crippen molar-refractivity contribution in [2.45, 2.75) is 19.4 Å². The van der Waals surface area contributed by atoms with Gasteiger partial charge < -0.3 is 10.1 Å². The molecule has 0 bridgehead atoms. The van der Waals surface area contributed by atoms with Crippen molar-refractivity contribution < 1.29 is 22.3 Å². The molecule has 0 radical (unpaired) electrons. The third-order valence-corrected chi connectivity index (χ3v) is 5.91. The standard InChI is InChI=1S/C20H23FN2O4S/c1-28(25,26)23-11-3-4-16(13-23)20(24)22-18-5-2-6-19(12-18)27-14-15-7-9-17(21)10-8-15/h2,5-10,12,16H,3-4,11,13-14H2,1H3,(H,22,24)/t16-/m0/s1. The van der Waals surface area contributed by atoms with E-state index < -0.39 is 10.0 Å². The van der Waals surface area contributed by atoms with E-state index in [-0.39, 0.29) is 30.8 Å². The van der Waals surface area contributed by atoms with Gasteiger partial charge in [-0.15, -0.1) is 0 Å². The maximum absolute atomic E-state index is 12.9. The molecule has 1 fully saturated rings. The van der Waals surface area contributed by atoms with Gasteiger partial charge in [-0.1, -0.05) is 18.2 Å². The Morgan fingerprint density at radius 3 is 2.71 bits per heavy atom. The van der Waals surface area contributed by atoms with Crippen molar-refractivity contribution >= 4 is 21.6 Å². The molecule has 0 spiro atoms. The quantitative estimate of drug-likeness (QED) is 0.800. The molecule has 28 heavy (non-hydrogen) atoms. The molecule has 2 aromatic rings. The van der Waals surface area contributed by atoms with Crippen molar-refractivity contribution in [2.24, 2.45) is 5.92 Å². The van der Waals surface area contributed by atoms with Crippen LogP contribution >= 0.6 is 0 Å². The average molecular weight is 406 g/mol. The topological polar surface area (TPSA) is 75.7 Å². The Labute approximate surface area is 164 Å². The summed E-state index contributed by atoms with van der Waals surface area (Å²) in [5.41, 5.74) is 1.41. The summed E-state index contributed by atoms with van der Waals surface area (Å²) in [6.45, 7) is 0.935. The number of piperidine rings is 1. The van der Waals surface area contributed by atoms with Gasteiger partial charge in [-0.3, -0.25) is 4.79 Å². The maximum Gasteiger partial charge on any atom is 0.228 e. The Hall–Kier alpha value is -2.45. The fourth-order valence-electron chi connectivity index (χ4n) is 3.11. The van der Waals surface area contributed by atoms with Gasteiger partial charge in [-0.05, 0) is 42.7 Å². The van der Waals surface area contributed by atoms with Crippen LogP contribution in [0, 0.1) is 11.7 Å². The van der Waals surface area contributed by atoms with E-state index in [0.29, 0.717) is 30.8 Å². The van der Waals surface area contributed by atoms with Crippen LogP contribution in [0.1, 0.15) is 18.4 Å². The van der Waals surface area contributed by atoms with Gasteiger partial charge in [0.05, 0.1) is 12.2 Å². The number of nitrogens with one attached hydrogen (secondary N) is 1. The first-order chi connectivity index (χ1) is 13.3. The van der Waals surface area contributed by atoms with Crippen LogP contribution < -0.4 is 10.1 Å². The molecule has 1 heterocycles. The third-order valence-electron chi connectivity index (χ3n) is 4.64. The molecule has 150 valence electrons. The monoisotopic (exact) mass is 406 g/mol. The van der Waals surface area contributed by atoms with Crippen LogP contribution in [-0.4, -0.2) is 38.0 Å². The van der Waals surface area contributed by atoms with Crippen molar-refractivity contribution in [3.63, 3.8) is 0 Å². The Morgan fingerprint density at radius 1 is 1.25 bits per heavy atom. The summed E-state index contributed by atoms with van der Waals surface area (Å²) in [4.78, 5) is 12.6. The van der Waals surface area contributed by atoms with Crippen LogP contribution in [0.3, 0.4) is 0 Å². The first kappa shape index (κ1) is 20.3. The summed E-state index contributed by atoms with van der Waals surface area (Å²) in [6.07, 6.45) is 2.47. The first-order valence-electron chi connectivity index (χ1n) is 9.04. The number of carbonyl (C=O) groups excluding carboxylic acids is 1. The van der Waals surface area contributed by atoms with Crippen molar-refractivity contribution in [3.05, 3.63) is 59.9 Å². The Balaban J connectivity index is 1.59. The number of nitrogens with zero attached hydrogens (tertiary/aromatic N) is 1. The zero-order valence-electron chi connectivity index (χ0n) is 15.6. The predicted octanol–water partition coefficient (Wildman–Crippen LogP) is 3.01. The number of amides is 1. The molecule has 1 aliphatic heterocycles. The zero-order valence-corrected chi connectivity index (χ0v) is 16.4. The predicted molar refractivity (Wildman–Crippen MR) is 105 cm³/mol. The highest BCUT2D eigenvalue weighted by Crippen LogP contribution is 2.23. The van der Waals surface area contributed by atoms with E-state index in [2.05, 4.69) is 5.32 Å². The van der Waals surface area contributed by atoms with E-state index in [9.17, 15) is 17.6 Å². The minimum absolute atomic E-state index is 0.200. The first-order valence-corrected chi connectivity index (χ1v) is 10.9. The van der Waals surface area contributed by atoms with Gasteiger partial charge in [0, 0.05) is 24.8 Å². The fraction of sp³-hybridized carbons (Fsp3) is 0.350. The molecule has 1 aliphatic rings. The third kappa shape index (κ3) is 5.53. The highest BCUT2D eigenvalue weighted by atomic mass is 32.2. The molecule has 1 atom stereocenters. The number of rotatable bonds is 6. The minimum atomic E-state index is -3.30. The lowest BCUT2D eigenvalue weighted by atomic mass is 9.98. The largest absolute Gasteiger partial charge is 0.489 e. The summed E-state index contributed by atoms with van der Waals surface area (Å²) < 4.78 is 43.4. The Morgan fingerprint density at radius 2 is 2.00 bits per heavy atom. The fourth-order valence-corrected chi connectivity index (χ4v) is 4.02. The van der Waals surface area contributed by atoms with Gasteiger partial charge in [-0.2, -0.15) is 0 Å². The van der Waals surface area contributed by atoms with Crippen molar-refractivity contribution in [2.75, 3.05) is 24.7 Å². The summed E-state index contributed by atoms with van der Waals surface area (Å²) in [7, 11) is -3.30. The molecule has 0 saturated carbocycles. The van der Waals surface area contributed by atoms with Crippen LogP contribution in [0.25, 0.3) is 0 Å². The second-order valence-electron chi connectivity index (χ2n) is 6.89. The smallest absolute Gasteiger partial charge is 0.228 e. The molecule has 1 N–H and O–H groups in total. The number of anilines is 1. The number of carbonyl (C=O) groups is 1. The van der Waals surface area contributed by atoms with Crippen LogP contribution in [0.5, 0.6) is 5.75 Å². The number of halogens is 1. The molecule has 0 unspecified atom stereocenters. The zero-order chi connectivity index (χ0) is 20.1. The molecular formula is C20H23FN2O4S. The van der Waals surface area contributed by atoms with Crippen LogP contribution in [0.15, 0.2) is 48.5 Å². The Kier molecular flexibility index (Phi) is 6.31. The molecular weight excluding hydrogens is 383 g/mol. The number of benzene rings is 2. The molecule has 8 heteroatoms. The van der Waals surface area contributed by atoms with Crippen LogP contribution in [0.2, 0.25) is 0 Å². The molecule has 6 nitrogen and oxygen atoms in total. The highest BCUT2D eigenvalue weighted by Gasteiger charge is 2.30. The van der Waals surface area contributed by atoms with E-state index in [4.69, 9.17) is 4.74 Å². The normalized spacial score (nSPS) is 17.9. The number of sulfonamides is 1. The lowest BCUT2D eigenvalue weighted by molar-refractivity contribution is -0.120. The number of hydrogen-bond acceptors (Lipinski definition) is 4. The van der Waals surface area contributed by atoms with Gasteiger partial charge in [0.25, 0.3) is 0 Å². The van der Waals surface area contributed by atoms with E-state index >= 15 is 0 Å². The second-order valence-corrected chi connectivity index (χ2v) is 8.87. The lowest BCUT2D eigenvalue weighted by Crippen LogP contribution is -2.43. The van der Waals surface area contributed by atoms with Crippen LogP contribution in [0.4, 0.5) is 10.1 Å². The molecule has 2 aromatic carbocycles. The SMILES string of the molecule is CS(=O)(=O)N1CCC[C@H](C(=O)Nc2cccc(OCc3ccc(F)cc3)c2)C1. The molecule has 0 aromatic heterocycles. The van der Waals surface area contributed by atoms with Crippen molar-refractivity contribution in [3.8, 4) is 5.75 Å². The lowest BCUT2D eigenvalue weighted by Gasteiger charge is -2.30. The molecule has 1 amide bonds. The van der Waals surface area contributed by atoms with Gasteiger partial charge in [0.1, 0.15) is 18.2 Å². The summed E-state index contributed by atoms with van der Waals surface area (Å²) in [5.74, 6) is -0.314. The Bertz CT molecular complexity index is 931. The molecule has 3 rings (SSSR count). The van der Waals surface area contributed by atoms with E-state index in [1.807, 2.05) is 0 Å². The summed E-state index contributed by atoms with van der Waals surface area (Å²) in [6, 6.07) is 13.0. The van der Waals surface area contributed by atoms with Crippen molar-refractivity contribution in [1.82, 2.24) is 4.31 Å². The van der Waals surface area contributed by atoms with Gasteiger partial charge in [0.2, 0.25) is 15.9 Å². The summed E-state index contributed by atoms with van der Waals surface area (Å²) in [5, 5.41) is 2.84. The minimum Gasteiger partial charge on any atom is -0.489 e.